The molecule has 0 fully saturated rings. The number of guanidine groups is 1. The van der Waals surface area contributed by atoms with Crippen LogP contribution in [0, 0.1) is 18.4 Å². The van der Waals surface area contributed by atoms with E-state index in [0.717, 1.165) is 22.4 Å². The highest BCUT2D eigenvalue weighted by Gasteiger charge is 2.19. The highest BCUT2D eigenvalue weighted by atomic mass is 35.5. The molecular weight excluding hydrogens is 423 g/mol. The van der Waals surface area contributed by atoms with Crippen molar-refractivity contribution in [1.82, 2.24) is 25.1 Å². The SMILES string of the molecule is Cc1nn(C)c2nc(C(C)N/C(=N/C#N)Nc3cc(Cl)nc(Cl)c3)cc(C(C)C)c12. The van der Waals surface area contributed by atoms with Crippen molar-refractivity contribution in [3.8, 4) is 6.19 Å². The van der Waals surface area contributed by atoms with Gasteiger partial charge in [-0.05, 0) is 43.5 Å². The van der Waals surface area contributed by atoms with Gasteiger partial charge in [-0.3, -0.25) is 4.68 Å². The van der Waals surface area contributed by atoms with Crippen molar-refractivity contribution < 1.29 is 0 Å². The maximum atomic E-state index is 9.10. The van der Waals surface area contributed by atoms with Gasteiger partial charge in [0.15, 0.2) is 5.65 Å². The van der Waals surface area contributed by atoms with E-state index in [1.807, 2.05) is 20.9 Å². The second-order valence-electron chi connectivity index (χ2n) is 7.25. The van der Waals surface area contributed by atoms with E-state index in [-0.39, 0.29) is 22.3 Å². The van der Waals surface area contributed by atoms with Gasteiger partial charge in [-0.15, -0.1) is 4.99 Å². The third-order valence-electron chi connectivity index (χ3n) is 4.63. The minimum Gasteiger partial charge on any atom is -0.347 e. The van der Waals surface area contributed by atoms with E-state index in [9.17, 15) is 0 Å². The molecule has 0 aromatic carbocycles. The summed E-state index contributed by atoms with van der Waals surface area (Å²) < 4.78 is 1.79. The van der Waals surface area contributed by atoms with E-state index in [4.69, 9.17) is 33.4 Å². The molecule has 3 heterocycles. The molecule has 1 atom stereocenters. The van der Waals surface area contributed by atoms with Crippen LogP contribution in [-0.4, -0.2) is 25.7 Å². The molecule has 0 aliphatic heterocycles. The molecule has 156 valence electrons. The summed E-state index contributed by atoms with van der Waals surface area (Å²) in [5.74, 6) is 0.549. The maximum Gasteiger partial charge on any atom is 0.212 e. The molecule has 0 radical (unpaired) electrons. The van der Waals surface area contributed by atoms with Gasteiger partial charge in [0.25, 0.3) is 0 Å². The Bertz CT molecular complexity index is 1140. The topological polar surface area (TPSA) is 104 Å². The van der Waals surface area contributed by atoms with Gasteiger partial charge in [0, 0.05) is 18.1 Å². The number of nitriles is 1. The van der Waals surface area contributed by atoms with Gasteiger partial charge in [0.05, 0.1) is 17.4 Å². The molecule has 0 aliphatic carbocycles. The molecule has 10 heteroatoms. The van der Waals surface area contributed by atoms with Crippen molar-refractivity contribution in [3.63, 3.8) is 0 Å². The Labute approximate surface area is 184 Å². The highest BCUT2D eigenvalue weighted by molar-refractivity contribution is 6.33. The number of aromatic nitrogens is 4. The summed E-state index contributed by atoms with van der Waals surface area (Å²) in [7, 11) is 1.88. The maximum absolute atomic E-state index is 9.10. The van der Waals surface area contributed by atoms with Crippen LogP contribution in [0.15, 0.2) is 23.2 Å². The summed E-state index contributed by atoms with van der Waals surface area (Å²) in [5, 5.41) is 21.4. The number of anilines is 1. The predicted molar refractivity (Wildman–Crippen MR) is 120 cm³/mol. The zero-order valence-electron chi connectivity index (χ0n) is 17.3. The number of hydrogen-bond acceptors (Lipinski definition) is 5. The fourth-order valence-corrected chi connectivity index (χ4v) is 3.73. The van der Waals surface area contributed by atoms with Crippen LogP contribution in [0.25, 0.3) is 11.0 Å². The molecule has 3 aromatic heterocycles. The first kappa shape index (κ1) is 21.8. The van der Waals surface area contributed by atoms with Crippen LogP contribution in [-0.2, 0) is 7.05 Å². The van der Waals surface area contributed by atoms with Gasteiger partial charge in [-0.2, -0.15) is 10.4 Å². The van der Waals surface area contributed by atoms with Crippen molar-refractivity contribution in [1.29, 1.82) is 5.26 Å². The lowest BCUT2D eigenvalue weighted by atomic mass is 9.97. The zero-order chi connectivity index (χ0) is 22.0. The Balaban J connectivity index is 1.94. The quantitative estimate of drug-likeness (QED) is 0.261. The van der Waals surface area contributed by atoms with Crippen LogP contribution >= 0.6 is 23.2 Å². The zero-order valence-corrected chi connectivity index (χ0v) is 18.8. The van der Waals surface area contributed by atoms with E-state index in [1.165, 1.54) is 5.56 Å². The third kappa shape index (κ3) is 4.64. The van der Waals surface area contributed by atoms with Gasteiger partial charge in [0.1, 0.15) is 10.3 Å². The van der Waals surface area contributed by atoms with Crippen molar-refractivity contribution >= 4 is 45.9 Å². The van der Waals surface area contributed by atoms with Crippen molar-refractivity contribution in [2.24, 2.45) is 12.0 Å². The first-order chi connectivity index (χ1) is 14.2. The van der Waals surface area contributed by atoms with Crippen LogP contribution in [0.5, 0.6) is 0 Å². The van der Waals surface area contributed by atoms with E-state index < -0.39 is 0 Å². The highest BCUT2D eigenvalue weighted by Crippen LogP contribution is 2.29. The molecule has 0 aliphatic rings. The van der Waals surface area contributed by atoms with Gasteiger partial charge < -0.3 is 10.6 Å². The van der Waals surface area contributed by atoms with Crippen LogP contribution in [0.3, 0.4) is 0 Å². The van der Waals surface area contributed by atoms with E-state index >= 15 is 0 Å². The van der Waals surface area contributed by atoms with Crippen molar-refractivity contribution in [2.45, 2.75) is 39.7 Å². The molecule has 0 spiro atoms. The minimum atomic E-state index is -0.241. The summed E-state index contributed by atoms with van der Waals surface area (Å²) in [6, 6.07) is 5.01. The molecule has 1 unspecified atom stereocenters. The third-order valence-corrected chi connectivity index (χ3v) is 5.01. The first-order valence-corrected chi connectivity index (χ1v) is 10.1. The Morgan fingerprint density at radius 2 is 1.83 bits per heavy atom. The normalized spacial score (nSPS) is 12.8. The summed E-state index contributed by atoms with van der Waals surface area (Å²) in [5.41, 5.74) is 4.32. The second kappa shape index (κ2) is 8.86. The Morgan fingerprint density at radius 1 is 1.17 bits per heavy atom. The molecule has 0 bridgehead atoms. The monoisotopic (exact) mass is 444 g/mol. The Kier molecular flexibility index (Phi) is 6.44. The van der Waals surface area contributed by atoms with Crippen LogP contribution in [0.4, 0.5) is 5.69 Å². The van der Waals surface area contributed by atoms with Crippen molar-refractivity contribution in [2.75, 3.05) is 5.32 Å². The number of aliphatic imine (C=N–C) groups is 1. The number of pyridine rings is 2. The number of rotatable bonds is 4. The fraction of sp³-hybridized carbons (Fsp3) is 0.350. The molecule has 0 amide bonds. The van der Waals surface area contributed by atoms with Gasteiger partial charge >= 0.3 is 0 Å². The number of halogens is 2. The van der Waals surface area contributed by atoms with E-state index in [1.54, 1.807) is 23.0 Å². The lowest BCUT2D eigenvalue weighted by Crippen LogP contribution is -2.33. The molecule has 8 nitrogen and oxygen atoms in total. The molecule has 3 rings (SSSR count). The second-order valence-corrected chi connectivity index (χ2v) is 8.03. The summed E-state index contributed by atoms with van der Waals surface area (Å²) in [6.07, 6.45) is 1.79. The molecule has 2 N–H and O–H groups in total. The lowest BCUT2D eigenvalue weighted by molar-refractivity contribution is 0.684. The standard InChI is InChI=1S/C20H22Cl2N8/c1-10(2)14-8-15(27-19-18(14)12(4)29-30(19)5)11(3)25-20(24-9-23)26-13-6-16(21)28-17(22)7-13/h6-8,10-11H,1-5H3,(H2,24,25,26,28). The fourth-order valence-electron chi connectivity index (χ4n) is 3.27. The molecule has 0 saturated heterocycles. The molecule has 3 aromatic rings. The summed E-state index contributed by atoms with van der Waals surface area (Å²) >= 11 is 11.9. The average Bonchev–Trinajstić information content (AvgIpc) is 2.94. The Hall–Kier alpha value is -2.89. The van der Waals surface area contributed by atoms with Crippen LogP contribution in [0.1, 0.15) is 49.7 Å². The van der Waals surface area contributed by atoms with Gasteiger partial charge in [-0.1, -0.05) is 37.0 Å². The van der Waals surface area contributed by atoms with E-state index in [0.29, 0.717) is 11.6 Å². The summed E-state index contributed by atoms with van der Waals surface area (Å²) in [6.45, 7) is 8.22. The van der Waals surface area contributed by atoms with Gasteiger partial charge in [-0.25, -0.2) is 9.97 Å². The minimum absolute atomic E-state index is 0.231. The molecule has 30 heavy (non-hydrogen) atoms. The summed E-state index contributed by atoms with van der Waals surface area (Å²) in [4.78, 5) is 12.5. The number of hydrogen-bond donors (Lipinski definition) is 2. The smallest absolute Gasteiger partial charge is 0.212 e. The number of fused-ring (bicyclic) bond motifs is 1. The number of aryl methyl sites for hydroxylation is 2. The molecular formula is C20H22Cl2N8. The van der Waals surface area contributed by atoms with E-state index in [2.05, 4.69) is 45.6 Å². The van der Waals surface area contributed by atoms with Crippen LogP contribution in [0.2, 0.25) is 10.3 Å². The average molecular weight is 445 g/mol. The van der Waals surface area contributed by atoms with Crippen LogP contribution < -0.4 is 10.6 Å². The lowest BCUT2D eigenvalue weighted by Gasteiger charge is -2.19. The number of nitrogens with one attached hydrogen (secondary N) is 2. The van der Waals surface area contributed by atoms with Gasteiger partial charge in [0.2, 0.25) is 12.2 Å². The predicted octanol–water partition coefficient (Wildman–Crippen LogP) is 4.70. The first-order valence-electron chi connectivity index (χ1n) is 9.37. The van der Waals surface area contributed by atoms with Crippen molar-refractivity contribution in [3.05, 3.63) is 45.5 Å². The number of nitrogens with zero attached hydrogens (tertiary/aromatic N) is 6. The largest absolute Gasteiger partial charge is 0.347 e. The molecule has 0 saturated carbocycles. The Morgan fingerprint density at radius 3 is 2.43 bits per heavy atom.